The molecule has 0 saturated heterocycles. The molecule has 2 aromatic rings. The predicted octanol–water partition coefficient (Wildman–Crippen LogP) is 4.14. The Labute approximate surface area is 134 Å². The minimum atomic E-state index is -0.118. The molecule has 1 amide bonds. The fourth-order valence-corrected chi connectivity index (χ4v) is 3.00. The van der Waals surface area contributed by atoms with Gasteiger partial charge < -0.3 is 4.90 Å². The summed E-state index contributed by atoms with van der Waals surface area (Å²) < 4.78 is 0. The van der Waals surface area contributed by atoms with Gasteiger partial charge in [-0.3, -0.25) is 9.59 Å². The molecule has 112 valence electrons. The molecule has 0 spiro atoms. The lowest BCUT2D eigenvalue weighted by molar-refractivity contribution is 0.0981. The first-order valence-electron chi connectivity index (χ1n) is 7.28. The van der Waals surface area contributed by atoms with Gasteiger partial charge >= 0.3 is 0 Å². The number of ketones is 1. The number of amides is 1. The number of benzene rings is 2. The average molecular weight is 314 g/mol. The van der Waals surface area contributed by atoms with Gasteiger partial charge in [0.25, 0.3) is 5.91 Å². The molecule has 0 unspecified atom stereocenters. The van der Waals surface area contributed by atoms with E-state index in [1.54, 1.807) is 29.2 Å². The lowest BCUT2D eigenvalue weighted by Crippen LogP contribution is -2.35. The van der Waals surface area contributed by atoms with Gasteiger partial charge in [-0.1, -0.05) is 35.9 Å². The Morgan fingerprint density at radius 3 is 2.64 bits per heavy atom. The van der Waals surface area contributed by atoms with Gasteiger partial charge in [-0.25, -0.2) is 0 Å². The monoisotopic (exact) mass is 313 g/mol. The van der Waals surface area contributed by atoms with Crippen molar-refractivity contribution in [2.45, 2.75) is 19.8 Å². The van der Waals surface area contributed by atoms with E-state index in [0.717, 1.165) is 24.1 Å². The van der Waals surface area contributed by atoms with Gasteiger partial charge in [0.1, 0.15) is 0 Å². The molecule has 3 nitrogen and oxygen atoms in total. The Morgan fingerprint density at radius 2 is 1.91 bits per heavy atom. The van der Waals surface area contributed by atoms with Crippen molar-refractivity contribution in [1.29, 1.82) is 0 Å². The van der Waals surface area contributed by atoms with Crippen LogP contribution >= 0.6 is 11.6 Å². The maximum Gasteiger partial charge on any atom is 0.259 e. The first kappa shape index (κ1) is 14.8. The number of fused-ring (bicyclic) bond motifs is 1. The highest BCUT2D eigenvalue weighted by atomic mass is 35.5. The first-order valence-corrected chi connectivity index (χ1v) is 7.66. The van der Waals surface area contributed by atoms with E-state index < -0.39 is 0 Å². The zero-order chi connectivity index (χ0) is 15.7. The lowest BCUT2D eigenvalue weighted by atomic mass is 9.97. The number of anilines is 1. The Balaban J connectivity index is 2.04. The van der Waals surface area contributed by atoms with Gasteiger partial charge in [-0.15, -0.1) is 0 Å². The Hall–Kier alpha value is -2.13. The Bertz CT molecular complexity index is 755. The summed E-state index contributed by atoms with van der Waals surface area (Å²) in [5.41, 5.74) is 3.03. The maximum atomic E-state index is 12.8. The highest BCUT2D eigenvalue weighted by Gasteiger charge is 2.25. The minimum absolute atomic E-state index is 0.00137. The van der Waals surface area contributed by atoms with Gasteiger partial charge in [0.05, 0.1) is 10.6 Å². The summed E-state index contributed by atoms with van der Waals surface area (Å²) in [6, 6.07) is 12.6. The molecular formula is C18H16ClNO2. The van der Waals surface area contributed by atoms with Gasteiger partial charge in [-0.05, 0) is 43.5 Å². The topological polar surface area (TPSA) is 37.4 Å². The smallest absolute Gasteiger partial charge is 0.259 e. The summed E-state index contributed by atoms with van der Waals surface area (Å²) in [6.07, 6.45) is 1.82. The third-order valence-corrected chi connectivity index (χ3v) is 4.29. The van der Waals surface area contributed by atoms with E-state index in [-0.39, 0.29) is 11.7 Å². The summed E-state index contributed by atoms with van der Waals surface area (Å²) in [6.45, 7) is 2.17. The molecule has 0 saturated carbocycles. The number of halogens is 1. The van der Waals surface area contributed by atoms with Crippen LogP contribution in [0.1, 0.15) is 39.6 Å². The SMILES string of the molecule is CC(=O)c1ccc2c(c1)N(C(=O)c1ccccc1Cl)CCC2. The zero-order valence-electron chi connectivity index (χ0n) is 12.3. The highest BCUT2D eigenvalue weighted by molar-refractivity contribution is 6.34. The molecule has 0 N–H and O–H groups in total. The molecule has 0 radical (unpaired) electrons. The Kier molecular flexibility index (Phi) is 3.99. The second-order valence-electron chi connectivity index (χ2n) is 5.44. The van der Waals surface area contributed by atoms with Crippen LogP contribution in [-0.2, 0) is 6.42 Å². The van der Waals surface area contributed by atoms with Crippen LogP contribution < -0.4 is 4.90 Å². The fourth-order valence-electron chi connectivity index (χ4n) is 2.78. The standard InChI is InChI=1S/C18H16ClNO2/c1-12(21)14-9-8-13-5-4-10-20(17(13)11-14)18(22)15-6-2-3-7-16(15)19/h2-3,6-9,11H,4-5,10H2,1H3. The van der Waals surface area contributed by atoms with Crippen LogP contribution in [0.5, 0.6) is 0 Å². The van der Waals surface area contributed by atoms with Crippen LogP contribution in [0.25, 0.3) is 0 Å². The van der Waals surface area contributed by atoms with E-state index in [4.69, 9.17) is 11.6 Å². The summed E-state index contributed by atoms with van der Waals surface area (Å²) in [4.78, 5) is 26.2. The zero-order valence-corrected chi connectivity index (χ0v) is 13.1. The second-order valence-corrected chi connectivity index (χ2v) is 5.85. The molecule has 1 aliphatic heterocycles. The van der Waals surface area contributed by atoms with E-state index in [1.165, 1.54) is 6.92 Å². The van der Waals surface area contributed by atoms with E-state index >= 15 is 0 Å². The van der Waals surface area contributed by atoms with Crippen LogP contribution in [-0.4, -0.2) is 18.2 Å². The van der Waals surface area contributed by atoms with Crippen molar-refractivity contribution in [1.82, 2.24) is 0 Å². The quantitative estimate of drug-likeness (QED) is 0.782. The summed E-state index contributed by atoms with van der Waals surface area (Å²) in [7, 11) is 0. The van der Waals surface area contributed by atoms with Crippen LogP contribution in [0.2, 0.25) is 5.02 Å². The van der Waals surface area contributed by atoms with Crippen molar-refractivity contribution in [2.24, 2.45) is 0 Å². The Morgan fingerprint density at radius 1 is 1.14 bits per heavy atom. The van der Waals surface area contributed by atoms with Crippen LogP contribution in [0, 0.1) is 0 Å². The van der Waals surface area contributed by atoms with E-state index in [9.17, 15) is 9.59 Å². The summed E-state index contributed by atoms with van der Waals surface area (Å²) in [5, 5.41) is 0.447. The second kappa shape index (κ2) is 5.93. The van der Waals surface area contributed by atoms with Crippen LogP contribution in [0.3, 0.4) is 0 Å². The minimum Gasteiger partial charge on any atom is -0.308 e. The molecule has 0 fully saturated rings. The van der Waals surface area contributed by atoms with Crippen LogP contribution in [0.15, 0.2) is 42.5 Å². The summed E-state index contributed by atoms with van der Waals surface area (Å²) >= 11 is 6.15. The van der Waals surface area contributed by atoms with Gasteiger partial charge in [0.2, 0.25) is 0 Å². The molecule has 0 aromatic heterocycles. The molecule has 1 heterocycles. The summed E-state index contributed by atoms with van der Waals surface area (Å²) in [5.74, 6) is -0.120. The number of aryl methyl sites for hydroxylation is 1. The third kappa shape index (κ3) is 2.64. The number of carbonyl (C=O) groups is 2. The van der Waals surface area contributed by atoms with Crippen molar-refractivity contribution in [2.75, 3.05) is 11.4 Å². The molecule has 3 rings (SSSR count). The normalized spacial score (nSPS) is 13.6. The first-order chi connectivity index (χ1) is 10.6. The highest BCUT2D eigenvalue weighted by Crippen LogP contribution is 2.31. The molecular weight excluding hydrogens is 298 g/mol. The van der Waals surface area contributed by atoms with Gasteiger partial charge in [0, 0.05) is 17.8 Å². The number of hydrogen-bond acceptors (Lipinski definition) is 2. The van der Waals surface area contributed by atoms with Gasteiger partial charge in [-0.2, -0.15) is 0 Å². The van der Waals surface area contributed by atoms with Crippen molar-refractivity contribution < 1.29 is 9.59 Å². The van der Waals surface area contributed by atoms with Gasteiger partial charge in [0.15, 0.2) is 5.78 Å². The molecule has 0 aliphatic carbocycles. The fraction of sp³-hybridized carbons (Fsp3) is 0.222. The van der Waals surface area contributed by atoms with Crippen molar-refractivity contribution in [3.8, 4) is 0 Å². The molecule has 0 bridgehead atoms. The molecule has 4 heteroatoms. The molecule has 1 aliphatic rings. The van der Waals surface area contributed by atoms with Crippen molar-refractivity contribution in [3.05, 3.63) is 64.2 Å². The number of Topliss-reactive ketones (excluding diaryl/α,β-unsaturated/α-hetero) is 1. The van der Waals surface area contributed by atoms with E-state index in [1.807, 2.05) is 18.2 Å². The molecule has 0 atom stereocenters. The predicted molar refractivity (Wildman–Crippen MR) is 87.9 cm³/mol. The lowest BCUT2D eigenvalue weighted by Gasteiger charge is -2.30. The van der Waals surface area contributed by atoms with E-state index in [0.29, 0.717) is 22.7 Å². The number of nitrogens with zero attached hydrogens (tertiary/aromatic N) is 1. The third-order valence-electron chi connectivity index (χ3n) is 3.96. The number of carbonyl (C=O) groups excluding carboxylic acids is 2. The van der Waals surface area contributed by atoms with Crippen molar-refractivity contribution in [3.63, 3.8) is 0 Å². The average Bonchev–Trinajstić information content (AvgIpc) is 2.53. The molecule has 22 heavy (non-hydrogen) atoms. The largest absolute Gasteiger partial charge is 0.308 e. The number of rotatable bonds is 2. The van der Waals surface area contributed by atoms with E-state index in [2.05, 4.69) is 0 Å². The maximum absolute atomic E-state index is 12.8. The number of hydrogen-bond donors (Lipinski definition) is 0. The van der Waals surface area contributed by atoms with Crippen LogP contribution in [0.4, 0.5) is 5.69 Å². The molecule has 2 aromatic carbocycles. The van der Waals surface area contributed by atoms with Crippen molar-refractivity contribution >= 4 is 29.0 Å².